The normalized spacial score (nSPS) is 11.2. The highest BCUT2D eigenvalue weighted by Crippen LogP contribution is 2.28. The lowest BCUT2D eigenvalue weighted by Gasteiger charge is -2.07. The molecule has 0 aliphatic heterocycles. The Morgan fingerprint density at radius 2 is 2.04 bits per heavy atom. The summed E-state index contributed by atoms with van der Waals surface area (Å²) < 4.78 is 12.5. The summed E-state index contributed by atoms with van der Waals surface area (Å²) in [4.78, 5) is 12.2. The first kappa shape index (κ1) is 16.5. The molecule has 0 unspecified atom stereocenters. The molecule has 0 aliphatic rings. The van der Waals surface area contributed by atoms with E-state index >= 15 is 0 Å². The topological polar surface area (TPSA) is 81.7 Å². The number of fused-ring (bicyclic) bond motifs is 3. The molecule has 3 heterocycles. The second kappa shape index (κ2) is 6.72. The number of aryl methyl sites for hydroxylation is 1. The number of anilines is 1. The number of hydrogen-bond donors (Lipinski definition) is 1. The Morgan fingerprint density at radius 3 is 2.81 bits per heavy atom. The molecule has 0 spiro atoms. The van der Waals surface area contributed by atoms with E-state index in [0.29, 0.717) is 5.03 Å². The van der Waals surface area contributed by atoms with Gasteiger partial charge in [0.2, 0.25) is 5.91 Å². The van der Waals surface area contributed by atoms with Crippen LogP contribution in [0.2, 0.25) is 0 Å². The Labute approximate surface area is 153 Å². The summed E-state index contributed by atoms with van der Waals surface area (Å²) in [7, 11) is 1.60. The molecule has 4 rings (SSSR count). The molecule has 1 aromatic carbocycles. The third-order valence-corrected chi connectivity index (χ3v) is 4.94. The van der Waals surface area contributed by atoms with Crippen LogP contribution in [0.4, 0.5) is 5.69 Å². The first-order valence-corrected chi connectivity index (χ1v) is 8.93. The third kappa shape index (κ3) is 2.99. The maximum absolute atomic E-state index is 12.2. The van der Waals surface area contributed by atoms with Gasteiger partial charge in [-0.3, -0.25) is 9.20 Å². The highest BCUT2D eigenvalue weighted by Gasteiger charge is 2.14. The van der Waals surface area contributed by atoms with E-state index in [-0.39, 0.29) is 11.7 Å². The molecule has 3 aromatic heterocycles. The predicted molar refractivity (Wildman–Crippen MR) is 99.8 cm³/mol. The van der Waals surface area contributed by atoms with Gasteiger partial charge in [-0.2, -0.15) is 0 Å². The maximum Gasteiger partial charge on any atom is 0.234 e. The SMILES string of the molecule is COc1ccc(NC(=O)CSc2nnc(C)n3c2cc2occc23)cc1. The summed E-state index contributed by atoms with van der Waals surface area (Å²) in [6.07, 6.45) is 1.64. The van der Waals surface area contributed by atoms with Gasteiger partial charge in [0.25, 0.3) is 0 Å². The van der Waals surface area contributed by atoms with E-state index < -0.39 is 0 Å². The predicted octanol–water partition coefficient (Wildman–Crippen LogP) is 3.52. The summed E-state index contributed by atoms with van der Waals surface area (Å²) in [6, 6.07) is 11.0. The monoisotopic (exact) mass is 368 g/mol. The number of benzene rings is 1. The van der Waals surface area contributed by atoms with Gasteiger partial charge in [0, 0.05) is 17.8 Å². The molecule has 0 saturated carbocycles. The van der Waals surface area contributed by atoms with Crippen LogP contribution in [0.1, 0.15) is 5.82 Å². The number of amides is 1. The Balaban J connectivity index is 1.50. The van der Waals surface area contributed by atoms with Crippen molar-refractivity contribution < 1.29 is 13.9 Å². The molecule has 132 valence electrons. The number of carbonyl (C=O) groups excluding carboxylic acids is 1. The Bertz CT molecular complexity index is 1090. The van der Waals surface area contributed by atoms with Crippen LogP contribution in [0.15, 0.2) is 52.1 Å². The molecule has 1 N–H and O–H groups in total. The van der Waals surface area contributed by atoms with E-state index in [2.05, 4.69) is 15.5 Å². The first-order chi connectivity index (χ1) is 12.7. The second-order valence-electron chi connectivity index (χ2n) is 5.65. The number of nitrogens with zero attached hydrogens (tertiary/aromatic N) is 3. The maximum atomic E-state index is 12.2. The summed E-state index contributed by atoms with van der Waals surface area (Å²) in [6.45, 7) is 1.89. The molecule has 7 nitrogen and oxygen atoms in total. The third-order valence-electron chi connectivity index (χ3n) is 3.97. The van der Waals surface area contributed by atoms with Crippen molar-refractivity contribution in [2.45, 2.75) is 11.9 Å². The molecular weight excluding hydrogens is 352 g/mol. The zero-order valence-corrected chi connectivity index (χ0v) is 15.0. The van der Waals surface area contributed by atoms with Crippen molar-refractivity contribution >= 4 is 40.0 Å². The average Bonchev–Trinajstić information content (AvgIpc) is 3.23. The molecular formula is C18H16N4O3S. The number of thioether (sulfide) groups is 1. The van der Waals surface area contributed by atoms with Crippen LogP contribution in [-0.4, -0.2) is 33.4 Å². The van der Waals surface area contributed by atoms with Crippen LogP contribution in [0.25, 0.3) is 16.6 Å². The number of hydrogen-bond acceptors (Lipinski definition) is 6. The van der Waals surface area contributed by atoms with Crippen molar-refractivity contribution in [2.75, 3.05) is 18.2 Å². The van der Waals surface area contributed by atoms with Gasteiger partial charge in [-0.05, 0) is 31.2 Å². The van der Waals surface area contributed by atoms with Crippen LogP contribution in [-0.2, 0) is 4.79 Å². The van der Waals surface area contributed by atoms with Crippen LogP contribution in [0.3, 0.4) is 0 Å². The summed E-state index contributed by atoms with van der Waals surface area (Å²) in [5.41, 5.74) is 3.32. The minimum Gasteiger partial charge on any atom is -0.497 e. The number of nitrogens with one attached hydrogen (secondary N) is 1. The molecule has 0 bridgehead atoms. The molecule has 26 heavy (non-hydrogen) atoms. The van der Waals surface area contributed by atoms with Crippen molar-refractivity contribution in [2.24, 2.45) is 0 Å². The number of ether oxygens (including phenoxy) is 1. The van der Waals surface area contributed by atoms with Crippen molar-refractivity contribution in [3.63, 3.8) is 0 Å². The van der Waals surface area contributed by atoms with E-state index in [9.17, 15) is 4.79 Å². The zero-order valence-electron chi connectivity index (χ0n) is 14.2. The second-order valence-corrected chi connectivity index (χ2v) is 6.62. The van der Waals surface area contributed by atoms with E-state index in [4.69, 9.17) is 9.15 Å². The summed E-state index contributed by atoms with van der Waals surface area (Å²) >= 11 is 1.34. The molecule has 0 atom stereocenters. The summed E-state index contributed by atoms with van der Waals surface area (Å²) in [5, 5.41) is 12.0. The van der Waals surface area contributed by atoms with Crippen LogP contribution >= 0.6 is 11.8 Å². The first-order valence-electron chi connectivity index (χ1n) is 7.94. The fourth-order valence-electron chi connectivity index (χ4n) is 2.75. The molecule has 0 radical (unpaired) electrons. The lowest BCUT2D eigenvalue weighted by Crippen LogP contribution is -2.14. The lowest BCUT2D eigenvalue weighted by molar-refractivity contribution is -0.113. The zero-order chi connectivity index (χ0) is 18.1. The number of methoxy groups -OCH3 is 1. The van der Waals surface area contributed by atoms with E-state index in [0.717, 1.165) is 33.9 Å². The average molecular weight is 368 g/mol. The highest BCUT2D eigenvalue weighted by atomic mass is 32.2. The summed E-state index contributed by atoms with van der Waals surface area (Å²) in [5.74, 6) is 1.62. The minimum absolute atomic E-state index is 0.115. The van der Waals surface area contributed by atoms with E-state index in [1.165, 1.54) is 11.8 Å². The van der Waals surface area contributed by atoms with Gasteiger partial charge in [-0.1, -0.05) is 11.8 Å². The molecule has 1 amide bonds. The van der Waals surface area contributed by atoms with Crippen LogP contribution in [0, 0.1) is 6.92 Å². The Morgan fingerprint density at radius 1 is 1.23 bits per heavy atom. The Kier molecular flexibility index (Phi) is 4.26. The quantitative estimate of drug-likeness (QED) is 0.543. The molecule has 0 aliphatic carbocycles. The van der Waals surface area contributed by atoms with Gasteiger partial charge in [0.1, 0.15) is 16.6 Å². The number of aromatic nitrogens is 3. The van der Waals surface area contributed by atoms with Gasteiger partial charge in [-0.25, -0.2) is 0 Å². The Hall–Kier alpha value is -3.00. The lowest BCUT2D eigenvalue weighted by atomic mass is 10.3. The van der Waals surface area contributed by atoms with Gasteiger partial charge >= 0.3 is 0 Å². The smallest absolute Gasteiger partial charge is 0.234 e. The molecule has 0 saturated heterocycles. The standard InChI is InChI=1S/C18H16N4O3S/c1-11-20-21-18(15-9-16-14(22(11)15)7-8-25-16)26-10-17(23)19-12-3-5-13(24-2)6-4-12/h3-9H,10H2,1-2H3,(H,19,23). The molecule has 8 heteroatoms. The van der Waals surface area contributed by atoms with Gasteiger partial charge in [-0.15, -0.1) is 10.2 Å². The van der Waals surface area contributed by atoms with E-state index in [1.807, 2.05) is 23.5 Å². The molecule has 4 aromatic rings. The molecule has 0 fully saturated rings. The van der Waals surface area contributed by atoms with Crippen molar-refractivity contribution in [1.29, 1.82) is 0 Å². The van der Waals surface area contributed by atoms with Gasteiger partial charge in [0.05, 0.1) is 30.2 Å². The largest absolute Gasteiger partial charge is 0.497 e. The van der Waals surface area contributed by atoms with Crippen LogP contribution in [0.5, 0.6) is 5.75 Å². The number of furan rings is 1. The number of rotatable bonds is 5. The van der Waals surface area contributed by atoms with Crippen molar-refractivity contribution in [1.82, 2.24) is 14.6 Å². The van der Waals surface area contributed by atoms with Gasteiger partial charge in [0.15, 0.2) is 5.58 Å². The number of carbonyl (C=O) groups is 1. The minimum atomic E-state index is -0.115. The fourth-order valence-corrected chi connectivity index (χ4v) is 3.49. The fraction of sp³-hybridized carbons (Fsp3) is 0.167. The van der Waals surface area contributed by atoms with Crippen LogP contribution < -0.4 is 10.1 Å². The van der Waals surface area contributed by atoms with Gasteiger partial charge < -0.3 is 14.5 Å². The van der Waals surface area contributed by atoms with E-state index in [1.54, 1.807) is 37.6 Å². The van der Waals surface area contributed by atoms with Crippen molar-refractivity contribution in [3.05, 3.63) is 48.5 Å². The van der Waals surface area contributed by atoms with Crippen molar-refractivity contribution in [3.8, 4) is 5.75 Å². The highest BCUT2D eigenvalue weighted by molar-refractivity contribution is 8.00.